The highest BCUT2D eigenvalue weighted by Gasteiger charge is 2.09. The van der Waals surface area contributed by atoms with Crippen LogP contribution >= 0.6 is 0 Å². The molecule has 2 rings (SSSR count). The zero-order valence-corrected chi connectivity index (χ0v) is 14.3. The Morgan fingerprint density at radius 2 is 1.61 bits per heavy atom. The maximum Gasteiger partial charge on any atom is 0.251 e. The van der Waals surface area contributed by atoms with Gasteiger partial charge in [-0.05, 0) is 53.3 Å². The zero-order valence-electron chi connectivity index (χ0n) is 14.3. The maximum absolute atomic E-state index is 12.2. The SMILES string of the molecule is CC(=CC(C)(C)C)c1ccc(C(=O)NCc2ccncc2)cc1. The van der Waals surface area contributed by atoms with Crippen LogP contribution in [0.25, 0.3) is 5.57 Å². The minimum Gasteiger partial charge on any atom is -0.348 e. The van der Waals surface area contributed by atoms with Gasteiger partial charge in [0, 0.05) is 24.5 Å². The second-order valence-electron chi connectivity index (χ2n) is 6.81. The van der Waals surface area contributed by atoms with Gasteiger partial charge in [-0.15, -0.1) is 0 Å². The van der Waals surface area contributed by atoms with Gasteiger partial charge in [0.1, 0.15) is 0 Å². The van der Waals surface area contributed by atoms with Gasteiger partial charge in [-0.1, -0.05) is 39.0 Å². The van der Waals surface area contributed by atoms with Crippen molar-refractivity contribution in [1.29, 1.82) is 0 Å². The van der Waals surface area contributed by atoms with Gasteiger partial charge >= 0.3 is 0 Å². The van der Waals surface area contributed by atoms with Crippen molar-refractivity contribution in [2.75, 3.05) is 0 Å². The zero-order chi connectivity index (χ0) is 16.9. The van der Waals surface area contributed by atoms with Crippen molar-refractivity contribution >= 4 is 11.5 Å². The van der Waals surface area contributed by atoms with Crippen LogP contribution in [-0.4, -0.2) is 10.9 Å². The first kappa shape index (κ1) is 16.9. The molecule has 2 aromatic rings. The molecule has 0 saturated heterocycles. The molecular weight excluding hydrogens is 284 g/mol. The lowest BCUT2D eigenvalue weighted by Gasteiger charge is -2.14. The van der Waals surface area contributed by atoms with E-state index < -0.39 is 0 Å². The van der Waals surface area contributed by atoms with Crippen LogP contribution in [0.3, 0.4) is 0 Å². The molecule has 0 spiro atoms. The molecule has 1 aromatic carbocycles. The highest BCUT2D eigenvalue weighted by Crippen LogP contribution is 2.23. The van der Waals surface area contributed by atoms with Crippen molar-refractivity contribution in [3.05, 3.63) is 71.6 Å². The van der Waals surface area contributed by atoms with Crippen LogP contribution in [0.15, 0.2) is 54.9 Å². The van der Waals surface area contributed by atoms with E-state index in [9.17, 15) is 4.79 Å². The highest BCUT2D eigenvalue weighted by atomic mass is 16.1. The number of hydrogen-bond donors (Lipinski definition) is 1. The monoisotopic (exact) mass is 308 g/mol. The van der Waals surface area contributed by atoms with Gasteiger partial charge in [-0.2, -0.15) is 0 Å². The standard InChI is InChI=1S/C20H24N2O/c1-15(13-20(2,3)4)17-5-7-18(8-6-17)19(23)22-14-16-9-11-21-12-10-16/h5-13H,14H2,1-4H3,(H,22,23). The van der Waals surface area contributed by atoms with Crippen LogP contribution in [0.5, 0.6) is 0 Å². The van der Waals surface area contributed by atoms with E-state index in [0.717, 1.165) is 11.1 Å². The first-order valence-corrected chi connectivity index (χ1v) is 7.82. The van der Waals surface area contributed by atoms with Crippen molar-refractivity contribution in [1.82, 2.24) is 10.3 Å². The first-order chi connectivity index (χ1) is 10.8. The Morgan fingerprint density at radius 1 is 1.04 bits per heavy atom. The number of amides is 1. The Kier molecular flexibility index (Phi) is 5.32. The summed E-state index contributed by atoms with van der Waals surface area (Å²) in [5, 5.41) is 2.92. The average molecular weight is 308 g/mol. The molecule has 1 aromatic heterocycles. The molecular formula is C20H24N2O. The molecule has 1 N–H and O–H groups in total. The van der Waals surface area contributed by atoms with Gasteiger partial charge in [0.25, 0.3) is 5.91 Å². The molecule has 0 atom stereocenters. The van der Waals surface area contributed by atoms with Crippen LogP contribution < -0.4 is 5.32 Å². The Morgan fingerprint density at radius 3 is 2.17 bits per heavy atom. The summed E-state index contributed by atoms with van der Waals surface area (Å²) in [7, 11) is 0. The first-order valence-electron chi connectivity index (χ1n) is 7.82. The van der Waals surface area contributed by atoms with E-state index in [0.29, 0.717) is 12.1 Å². The Balaban J connectivity index is 2.02. The van der Waals surface area contributed by atoms with Crippen molar-refractivity contribution in [2.45, 2.75) is 34.2 Å². The van der Waals surface area contributed by atoms with Gasteiger partial charge in [-0.25, -0.2) is 0 Å². The average Bonchev–Trinajstić information content (AvgIpc) is 2.52. The number of nitrogens with one attached hydrogen (secondary N) is 1. The Labute approximate surface area is 138 Å². The summed E-state index contributed by atoms with van der Waals surface area (Å²) in [5.41, 5.74) is 4.22. The molecule has 1 amide bonds. The fraction of sp³-hybridized carbons (Fsp3) is 0.300. The number of carbonyl (C=O) groups is 1. The highest BCUT2D eigenvalue weighted by molar-refractivity contribution is 5.94. The van der Waals surface area contributed by atoms with Gasteiger partial charge in [0.05, 0.1) is 0 Å². The predicted octanol–water partition coefficient (Wildman–Crippen LogP) is 4.46. The quantitative estimate of drug-likeness (QED) is 0.906. The number of carbonyl (C=O) groups excluding carboxylic acids is 1. The van der Waals surface area contributed by atoms with Crippen LogP contribution in [-0.2, 0) is 6.54 Å². The third-order valence-electron chi connectivity index (χ3n) is 3.45. The molecule has 0 aliphatic carbocycles. The fourth-order valence-corrected chi connectivity index (χ4v) is 2.40. The summed E-state index contributed by atoms with van der Waals surface area (Å²) in [6.45, 7) is 9.14. The van der Waals surface area contributed by atoms with Gasteiger partial charge in [0.15, 0.2) is 0 Å². The summed E-state index contributed by atoms with van der Waals surface area (Å²) >= 11 is 0. The second kappa shape index (κ2) is 7.23. The summed E-state index contributed by atoms with van der Waals surface area (Å²) in [4.78, 5) is 16.2. The summed E-state index contributed by atoms with van der Waals surface area (Å²) in [6.07, 6.45) is 5.69. The lowest BCUT2D eigenvalue weighted by atomic mass is 9.91. The predicted molar refractivity (Wildman–Crippen MR) is 95.0 cm³/mol. The number of benzene rings is 1. The normalized spacial score (nSPS) is 12.1. The maximum atomic E-state index is 12.2. The van der Waals surface area contributed by atoms with Crippen molar-refractivity contribution < 1.29 is 4.79 Å². The number of pyridine rings is 1. The van der Waals surface area contributed by atoms with Gasteiger partial charge < -0.3 is 5.32 Å². The lowest BCUT2D eigenvalue weighted by Crippen LogP contribution is -2.22. The van der Waals surface area contributed by atoms with E-state index in [1.54, 1.807) is 12.4 Å². The van der Waals surface area contributed by atoms with Crippen LogP contribution in [0.2, 0.25) is 0 Å². The number of allylic oxidation sites excluding steroid dienone is 2. The smallest absolute Gasteiger partial charge is 0.251 e. The number of hydrogen-bond acceptors (Lipinski definition) is 2. The third-order valence-corrected chi connectivity index (χ3v) is 3.45. The molecule has 0 saturated carbocycles. The Hall–Kier alpha value is -2.42. The number of aromatic nitrogens is 1. The minimum atomic E-state index is -0.0641. The molecule has 0 aliphatic rings. The van der Waals surface area contributed by atoms with Crippen molar-refractivity contribution in [3.63, 3.8) is 0 Å². The van der Waals surface area contributed by atoms with Gasteiger partial charge in [0.2, 0.25) is 0 Å². The third kappa shape index (κ3) is 5.37. The molecule has 0 unspecified atom stereocenters. The molecule has 23 heavy (non-hydrogen) atoms. The summed E-state index contributed by atoms with van der Waals surface area (Å²) in [5.74, 6) is -0.0641. The Bertz CT molecular complexity index is 680. The molecule has 0 radical (unpaired) electrons. The van der Waals surface area contributed by atoms with E-state index in [1.165, 1.54) is 5.57 Å². The molecule has 1 heterocycles. The molecule has 0 fully saturated rings. The van der Waals surface area contributed by atoms with Crippen LogP contribution in [0, 0.1) is 5.41 Å². The van der Waals surface area contributed by atoms with Crippen molar-refractivity contribution in [3.8, 4) is 0 Å². The number of rotatable bonds is 4. The van der Waals surface area contributed by atoms with Crippen LogP contribution in [0.1, 0.15) is 49.2 Å². The van der Waals surface area contributed by atoms with Crippen LogP contribution in [0.4, 0.5) is 0 Å². The van der Waals surface area contributed by atoms with E-state index in [1.807, 2.05) is 36.4 Å². The molecule has 0 bridgehead atoms. The van der Waals surface area contributed by atoms with E-state index in [-0.39, 0.29) is 11.3 Å². The molecule has 120 valence electrons. The largest absolute Gasteiger partial charge is 0.348 e. The van der Waals surface area contributed by atoms with Crippen molar-refractivity contribution in [2.24, 2.45) is 5.41 Å². The molecule has 3 heteroatoms. The fourth-order valence-electron chi connectivity index (χ4n) is 2.40. The van der Waals surface area contributed by atoms with E-state index in [4.69, 9.17) is 0 Å². The number of nitrogens with zero attached hydrogens (tertiary/aromatic N) is 1. The van der Waals surface area contributed by atoms with E-state index >= 15 is 0 Å². The molecule has 0 aliphatic heterocycles. The minimum absolute atomic E-state index is 0.0641. The van der Waals surface area contributed by atoms with E-state index in [2.05, 4.69) is 44.1 Å². The lowest BCUT2D eigenvalue weighted by molar-refractivity contribution is 0.0951. The summed E-state index contributed by atoms with van der Waals surface area (Å²) in [6, 6.07) is 11.5. The second-order valence-corrected chi connectivity index (χ2v) is 6.81. The molecule has 3 nitrogen and oxygen atoms in total. The topological polar surface area (TPSA) is 42.0 Å². The van der Waals surface area contributed by atoms with Gasteiger partial charge in [-0.3, -0.25) is 9.78 Å². The summed E-state index contributed by atoms with van der Waals surface area (Å²) < 4.78 is 0.